The number of nitrogens with zero attached hydrogens (tertiary/aromatic N) is 2. The highest BCUT2D eigenvalue weighted by molar-refractivity contribution is 9.10. The molecule has 0 unspecified atom stereocenters. The molecule has 0 fully saturated rings. The summed E-state index contributed by atoms with van der Waals surface area (Å²) in [6.07, 6.45) is 3.29. The van der Waals surface area contributed by atoms with E-state index < -0.39 is 0 Å². The van der Waals surface area contributed by atoms with Gasteiger partial charge in [0.05, 0.1) is 4.47 Å². The summed E-state index contributed by atoms with van der Waals surface area (Å²) >= 11 is 3.25. The first-order valence-electron chi connectivity index (χ1n) is 4.69. The molecule has 4 nitrogen and oxygen atoms in total. The van der Waals surface area contributed by atoms with Crippen molar-refractivity contribution in [3.8, 4) is 6.01 Å². The maximum Gasteiger partial charge on any atom is 0.316 e. The fourth-order valence-electron chi connectivity index (χ4n) is 1.14. The van der Waals surface area contributed by atoms with Crippen molar-refractivity contribution in [2.75, 3.05) is 5.73 Å². The van der Waals surface area contributed by atoms with E-state index in [0.717, 1.165) is 15.7 Å². The van der Waals surface area contributed by atoms with Gasteiger partial charge in [-0.15, -0.1) is 0 Å². The van der Waals surface area contributed by atoms with Crippen molar-refractivity contribution in [1.29, 1.82) is 0 Å². The Bertz CT molecular complexity index is 410. The van der Waals surface area contributed by atoms with Crippen molar-refractivity contribution >= 4 is 21.6 Å². The van der Waals surface area contributed by atoms with Crippen molar-refractivity contribution in [2.45, 2.75) is 6.61 Å². The van der Waals surface area contributed by atoms with Crippen molar-refractivity contribution in [1.82, 2.24) is 9.97 Å². The van der Waals surface area contributed by atoms with Crippen molar-refractivity contribution in [2.24, 2.45) is 0 Å². The molecule has 0 amide bonds. The maximum atomic E-state index is 5.58. The molecule has 0 aliphatic heterocycles. The van der Waals surface area contributed by atoms with E-state index in [2.05, 4.69) is 25.9 Å². The van der Waals surface area contributed by atoms with Crippen LogP contribution in [0.4, 0.5) is 5.69 Å². The number of halogens is 1. The largest absolute Gasteiger partial charge is 0.459 e. The molecule has 0 spiro atoms. The van der Waals surface area contributed by atoms with Crippen LogP contribution in [0.3, 0.4) is 0 Å². The fourth-order valence-corrected chi connectivity index (χ4v) is 1.34. The van der Waals surface area contributed by atoms with Gasteiger partial charge in [0.25, 0.3) is 0 Å². The number of nitrogens with two attached hydrogens (primary N) is 1. The summed E-state index contributed by atoms with van der Waals surface area (Å²) in [6.45, 7) is 0.432. The second-order valence-corrected chi connectivity index (χ2v) is 4.13. The minimum atomic E-state index is 0.361. The second-order valence-electron chi connectivity index (χ2n) is 3.21. The lowest BCUT2D eigenvalue weighted by molar-refractivity contribution is 0.280. The van der Waals surface area contributed by atoms with Gasteiger partial charge < -0.3 is 10.5 Å². The van der Waals surface area contributed by atoms with Crippen LogP contribution in [-0.2, 0) is 6.61 Å². The molecule has 0 radical (unpaired) electrons. The third-order valence-electron chi connectivity index (χ3n) is 1.94. The van der Waals surface area contributed by atoms with Gasteiger partial charge in [-0.25, -0.2) is 9.97 Å². The average molecular weight is 280 g/mol. The summed E-state index contributed by atoms with van der Waals surface area (Å²) in [4.78, 5) is 8.01. The molecule has 5 heteroatoms. The Balaban J connectivity index is 1.97. The van der Waals surface area contributed by atoms with Crippen LogP contribution in [0.1, 0.15) is 5.56 Å². The molecule has 0 aliphatic carbocycles. The Kier molecular flexibility index (Phi) is 3.36. The molecule has 0 atom stereocenters. The highest BCUT2D eigenvalue weighted by atomic mass is 79.9. The first kappa shape index (κ1) is 10.9. The maximum absolute atomic E-state index is 5.58. The number of nitrogen functional groups attached to an aromatic ring is 1. The van der Waals surface area contributed by atoms with E-state index in [9.17, 15) is 0 Å². The van der Waals surface area contributed by atoms with Gasteiger partial charge in [-0.2, -0.15) is 0 Å². The average Bonchev–Trinajstić information content (AvgIpc) is 2.30. The van der Waals surface area contributed by atoms with Crippen LogP contribution >= 0.6 is 15.9 Å². The van der Waals surface area contributed by atoms with Crippen LogP contribution in [0.2, 0.25) is 0 Å². The molecule has 2 N–H and O–H groups in total. The lowest BCUT2D eigenvalue weighted by atomic mass is 10.2. The summed E-state index contributed by atoms with van der Waals surface area (Å²) in [5.41, 5.74) is 7.35. The van der Waals surface area contributed by atoms with Gasteiger partial charge in [0, 0.05) is 18.1 Å². The van der Waals surface area contributed by atoms with Crippen molar-refractivity contribution < 1.29 is 4.74 Å². The molecule has 0 aliphatic rings. The molecule has 2 rings (SSSR count). The van der Waals surface area contributed by atoms with Crippen LogP contribution in [0, 0.1) is 0 Å². The quantitative estimate of drug-likeness (QED) is 0.877. The third-order valence-corrected chi connectivity index (χ3v) is 2.35. The minimum Gasteiger partial charge on any atom is -0.459 e. The van der Waals surface area contributed by atoms with Crippen molar-refractivity contribution in [3.63, 3.8) is 0 Å². The monoisotopic (exact) mass is 279 g/mol. The molecule has 2 aromatic rings. The third kappa shape index (κ3) is 2.93. The molecule has 82 valence electrons. The van der Waals surface area contributed by atoms with Gasteiger partial charge in [0.15, 0.2) is 0 Å². The normalized spacial score (nSPS) is 10.1. The molecular weight excluding hydrogens is 270 g/mol. The molecule has 1 aromatic carbocycles. The zero-order chi connectivity index (χ0) is 11.4. The van der Waals surface area contributed by atoms with Crippen LogP contribution < -0.4 is 10.5 Å². The molecule has 0 saturated carbocycles. The van der Waals surface area contributed by atoms with E-state index in [1.807, 2.05) is 24.3 Å². The summed E-state index contributed by atoms with van der Waals surface area (Å²) in [5, 5.41) is 0. The predicted octanol–water partition coefficient (Wildman–Crippen LogP) is 2.40. The molecule has 1 aromatic heterocycles. The number of hydrogen-bond donors (Lipinski definition) is 1. The first-order chi connectivity index (χ1) is 7.74. The van der Waals surface area contributed by atoms with Gasteiger partial charge in [-0.1, -0.05) is 12.1 Å². The zero-order valence-electron chi connectivity index (χ0n) is 8.43. The Hall–Kier alpha value is -1.62. The molecule has 0 saturated heterocycles. The lowest BCUT2D eigenvalue weighted by Crippen LogP contribution is -1.99. The van der Waals surface area contributed by atoms with E-state index >= 15 is 0 Å². The Labute approximate surface area is 102 Å². The highest BCUT2D eigenvalue weighted by Gasteiger charge is 1.98. The number of aromatic nitrogens is 2. The van der Waals surface area contributed by atoms with Crippen LogP contribution in [-0.4, -0.2) is 9.97 Å². The molecular formula is C11H10BrN3O. The zero-order valence-corrected chi connectivity index (χ0v) is 10.0. The van der Waals surface area contributed by atoms with E-state index in [0.29, 0.717) is 12.6 Å². The summed E-state index contributed by atoms with van der Waals surface area (Å²) < 4.78 is 6.23. The molecule has 0 bridgehead atoms. The lowest BCUT2D eigenvalue weighted by Gasteiger charge is -2.04. The van der Waals surface area contributed by atoms with Crippen LogP contribution in [0.25, 0.3) is 0 Å². The van der Waals surface area contributed by atoms with E-state index in [-0.39, 0.29) is 0 Å². The minimum absolute atomic E-state index is 0.361. The summed E-state index contributed by atoms with van der Waals surface area (Å²) in [6, 6.07) is 7.85. The van der Waals surface area contributed by atoms with E-state index in [4.69, 9.17) is 10.5 Å². The fraction of sp³-hybridized carbons (Fsp3) is 0.0909. The summed E-state index contributed by atoms with van der Waals surface area (Å²) in [7, 11) is 0. The molecule has 16 heavy (non-hydrogen) atoms. The standard InChI is InChI=1S/C11H10BrN3O/c12-9-5-14-11(15-6-9)16-7-8-1-3-10(13)4-2-8/h1-6H,7,13H2. The number of rotatable bonds is 3. The number of benzene rings is 1. The number of hydrogen-bond acceptors (Lipinski definition) is 4. The van der Waals surface area contributed by atoms with Crippen molar-refractivity contribution in [3.05, 3.63) is 46.7 Å². The van der Waals surface area contributed by atoms with Gasteiger partial charge in [-0.05, 0) is 33.6 Å². The topological polar surface area (TPSA) is 61.0 Å². The van der Waals surface area contributed by atoms with Gasteiger partial charge in [0.2, 0.25) is 0 Å². The molecule has 1 heterocycles. The number of anilines is 1. The SMILES string of the molecule is Nc1ccc(COc2ncc(Br)cn2)cc1. The predicted molar refractivity (Wildman–Crippen MR) is 64.9 cm³/mol. The number of ether oxygens (including phenoxy) is 1. The van der Waals surface area contributed by atoms with Crippen LogP contribution in [0.15, 0.2) is 41.1 Å². The Morgan fingerprint density at radius 3 is 2.38 bits per heavy atom. The smallest absolute Gasteiger partial charge is 0.316 e. The van der Waals surface area contributed by atoms with Gasteiger partial charge >= 0.3 is 6.01 Å². The first-order valence-corrected chi connectivity index (χ1v) is 5.48. The highest BCUT2D eigenvalue weighted by Crippen LogP contribution is 2.11. The van der Waals surface area contributed by atoms with Gasteiger partial charge in [0.1, 0.15) is 6.61 Å². The second kappa shape index (κ2) is 4.94. The Morgan fingerprint density at radius 1 is 1.12 bits per heavy atom. The van der Waals surface area contributed by atoms with E-state index in [1.54, 1.807) is 12.4 Å². The van der Waals surface area contributed by atoms with Crippen LogP contribution in [0.5, 0.6) is 6.01 Å². The Morgan fingerprint density at radius 2 is 1.75 bits per heavy atom. The summed E-state index contributed by atoms with van der Waals surface area (Å²) in [5.74, 6) is 0. The van der Waals surface area contributed by atoms with Gasteiger partial charge in [-0.3, -0.25) is 0 Å². The van der Waals surface area contributed by atoms with E-state index in [1.165, 1.54) is 0 Å².